The number of aryl methyl sites for hydroxylation is 1. The van der Waals surface area contributed by atoms with Gasteiger partial charge >= 0.3 is 5.97 Å². The van der Waals surface area contributed by atoms with Crippen LogP contribution < -0.4 is 0 Å². The van der Waals surface area contributed by atoms with Crippen LogP contribution in [0.3, 0.4) is 0 Å². The number of nitriles is 1. The van der Waals surface area contributed by atoms with Crippen LogP contribution in [0.15, 0.2) is 54.6 Å². The highest BCUT2D eigenvalue weighted by Gasteiger charge is 2.12. The molecule has 2 aromatic carbocycles. The second-order valence-corrected chi connectivity index (χ2v) is 6.63. The molecule has 0 saturated heterocycles. The average molecular weight is 377 g/mol. The van der Waals surface area contributed by atoms with E-state index in [1.807, 2.05) is 48.8 Å². The van der Waals surface area contributed by atoms with Crippen molar-refractivity contribution >= 4 is 29.2 Å². The smallest absolute Gasteiger partial charge is 0.335 e. The molecule has 1 N–H and O–H groups in total. The topological polar surface area (TPSA) is 66.0 Å². The van der Waals surface area contributed by atoms with Crippen molar-refractivity contribution in [3.63, 3.8) is 0 Å². The van der Waals surface area contributed by atoms with Gasteiger partial charge in [0.1, 0.15) is 0 Å². The molecule has 27 heavy (non-hydrogen) atoms. The molecule has 0 bridgehead atoms. The van der Waals surface area contributed by atoms with E-state index in [-0.39, 0.29) is 5.56 Å². The predicted molar refractivity (Wildman–Crippen MR) is 107 cm³/mol. The van der Waals surface area contributed by atoms with Gasteiger partial charge in [0.2, 0.25) is 0 Å². The van der Waals surface area contributed by atoms with Crippen LogP contribution >= 0.6 is 11.6 Å². The summed E-state index contributed by atoms with van der Waals surface area (Å²) < 4.78 is 1.98. The molecule has 0 atom stereocenters. The number of nitrogens with zero attached hydrogens (tertiary/aromatic N) is 2. The standard InChI is InChI=1S/C22H17ClN2O2/c1-14-10-18(11-19(13-24)16-6-8-20(23)9-7-16)15(2)25(14)21-5-3-4-17(12-21)22(26)27/h3-12H,1-2H3,(H,26,27)/b19-11-. The Labute approximate surface area is 162 Å². The molecule has 1 heterocycles. The van der Waals surface area contributed by atoms with Gasteiger partial charge in [0, 0.05) is 22.1 Å². The summed E-state index contributed by atoms with van der Waals surface area (Å²) in [5.41, 5.74) is 5.11. The highest BCUT2D eigenvalue weighted by atomic mass is 35.5. The van der Waals surface area contributed by atoms with E-state index in [1.54, 1.807) is 30.3 Å². The maximum absolute atomic E-state index is 11.3. The van der Waals surface area contributed by atoms with Crippen LogP contribution in [-0.4, -0.2) is 15.6 Å². The second kappa shape index (κ2) is 7.53. The molecule has 1 aromatic heterocycles. The zero-order chi connectivity index (χ0) is 19.6. The lowest BCUT2D eigenvalue weighted by molar-refractivity contribution is 0.0697. The summed E-state index contributed by atoms with van der Waals surface area (Å²) >= 11 is 5.92. The molecule has 0 aliphatic rings. The third kappa shape index (κ3) is 3.79. The monoisotopic (exact) mass is 376 g/mol. The van der Waals surface area contributed by atoms with Crippen LogP contribution in [0.2, 0.25) is 5.02 Å². The summed E-state index contributed by atoms with van der Waals surface area (Å²) in [6.45, 7) is 3.90. The minimum absolute atomic E-state index is 0.232. The molecule has 0 fully saturated rings. The maximum atomic E-state index is 11.3. The minimum Gasteiger partial charge on any atom is -0.478 e. The quantitative estimate of drug-likeness (QED) is 0.610. The van der Waals surface area contributed by atoms with Crippen LogP contribution in [0.5, 0.6) is 0 Å². The first-order valence-electron chi connectivity index (χ1n) is 8.31. The molecule has 0 aliphatic heterocycles. The normalized spacial score (nSPS) is 11.3. The molecule has 4 nitrogen and oxygen atoms in total. The molecule has 5 heteroatoms. The summed E-state index contributed by atoms with van der Waals surface area (Å²) in [5.74, 6) is -0.964. The van der Waals surface area contributed by atoms with Gasteiger partial charge in [0.05, 0.1) is 17.2 Å². The maximum Gasteiger partial charge on any atom is 0.335 e. The van der Waals surface area contributed by atoms with Gasteiger partial charge in [-0.25, -0.2) is 4.79 Å². The molecule has 0 spiro atoms. The van der Waals surface area contributed by atoms with Crippen molar-refractivity contribution in [2.24, 2.45) is 0 Å². The van der Waals surface area contributed by atoms with Crippen LogP contribution in [0.1, 0.15) is 32.9 Å². The van der Waals surface area contributed by atoms with Crippen molar-refractivity contribution in [1.29, 1.82) is 5.26 Å². The van der Waals surface area contributed by atoms with Gasteiger partial charge in [-0.05, 0) is 67.4 Å². The summed E-state index contributed by atoms with van der Waals surface area (Å²) in [5, 5.41) is 19.4. The van der Waals surface area contributed by atoms with Crippen LogP contribution in [0.25, 0.3) is 17.3 Å². The first kappa shape index (κ1) is 18.5. The molecule has 3 aromatic rings. The third-order valence-corrected chi connectivity index (χ3v) is 4.65. The Balaban J connectivity index is 2.08. The summed E-state index contributed by atoms with van der Waals surface area (Å²) in [4.78, 5) is 11.3. The SMILES string of the molecule is Cc1cc(/C=C(/C#N)c2ccc(Cl)cc2)c(C)n1-c1cccc(C(=O)O)c1. The summed E-state index contributed by atoms with van der Waals surface area (Å²) in [6, 6.07) is 18.1. The number of allylic oxidation sites excluding steroid dienone is 1. The van der Waals surface area contributed by atoms with Gasteiger partial charge in [-0.1, -0.05) is 29.8 Å². The largest absolute Gasteiger partial charge is 0.478 e. The number of carbonyl (C=O) groups is 1. The van der Waals surface area contributed by atoms with Gasteiger partial charge in [0.25, 0.3) is 0 Å². The van der Waals surface area contributed by atoms with E-state index in [0.717, 1.165) is 28.2 Å². The molecule has 0 saturated carbocycles. The number of carboxylic acids is 1. The van der Waals surface area contributed by atoms with Gasteiger partial charge in [-0.3, -0.25) is 0 Å². The van der Waals surface area contributed by atoms with Crippen molar-refractivity contribution in [2.75, 3.05) is 0 Å². The Kier molecular flexibility index (Phi) is 5.16. The predicted octanol–water partition coefficient (Wildman–Crippen LogP) is 5.51. The number of aromatic carboxylic acids is 1. The Bertz CT molecular complexity index is 1090. The van der Waals surface area contributed by atoms with E-state index in [1.165, 1.54) is 0 Å². The van der Waals surface area contributed by atoms with Crippen molar-refractivity contribution < 1.29 is 9.90 Å². The Morgan fingerprint density at radius 1 is 1.11 bits per heavy atom. The Morgan fingerprint density at radius 2 is 1.81 bits per heavy atom. The lowest BCUT2D eigenvalue weighted by atomic mass is 10.0. The fourth-order valence-electron chi connectivity index (χ4n) is 3.07. The van der Waals surface area contributed by atoms with Crippen LogP contribution in [-0.2, 0) is 0 Å². The van der Waals surface area contributed by atoms with E-state index in [9.17, 15) is 15.2 Å². The van der Waals surface area contributed by atoms with Crippen LogP contribution in [0.4, 0.5) is 0 Å². The summed E-state index contributed by atoms with van der Waals surface area (Å²) in [6.07, 6.45) is 1.84. The van der Waals surface area contributed by atoms with Gasteiger partial charge in [-0.2, -0.15) is 5.26 Å². The summed E-state index contributed by atoms with van der Waals surface area (Å²) in [7, 11) is 0. The highest BCUT2D eigenvalue weighted by Crippen LogP contribution is 2.26. The molecule has 0 radical (unpaired) electrons. The average Bonchev–Trinajstić information content (AvgIpc) is 2.94. The Hall–Kier alpha value is -3.29. The molecule has 0 amide bonds. The molecule has 0 unspecified atom stereocenters. The van der Waals surface area contributed by atoms with Crippen molar-refractivity contribution in [2.45, 2.75) is 13.8 Å². The molecular formula is C22H17ClN2O2. The van der Waals surface area contributed by atoms with Gasteiger partial charge in [-0.15, -0.1) is 0 Å². The van der Waals surface area contributed by atoms with Crippen LogP contribution in [0, 0.1) is 25.2 Å². The van der Waals surface area contributed by atoms with E-state index in [0.29, 0.717) is 10.6 Å². The number of halogens is 1. The Morgan fingerprint density at radius 3 is 2.44 bits per heavy atom. The lowest BCUT2D eigenvalue weighted by Crippen LogP contribution is -2.02. The fourth-order valence-corrected chi connectivity index (χ4v) is 3.20. The fraction of sp³-hybridized carbons (Fsp3) is 0.0909. The molecular weight excluding hydrogens is 360 g/mol. The van der Waals surface area contributed by atoms with Gasteiger partial charge in [0.15, 0.2) is 0 Å². The molecule has 0 aliphatic carbocycles. The number of hydrogen-bond acceptors (Lipinski definition) is 2. The van der Waals surface area contributed by atoms with E-state index < -0.39 is 5.97 Å². The first-order chi connectivity index (χ1) is 12.9. The number of carboxylic acid groups (broad SMARTS) is 1. The lowest BCUT2D eigenvalue weighted by Gasteiger charge is -2.10. The molecule has 134 valence electrons. The second-order valence-electron chi connectivity index (χ2n) is 6.19. The number of rotatable bonds is 4. The van der Waals surface area contributed by atoms with Gasteiger partial charge < -0.3 is 9.67 Å². The van der Waals surface area contributed by atoms with Crippen molar-refractivity contribution in [1.82, 2.24) is 4.57 Å². The third-order valence-electron chi connectivity index (χ3n) is 4.40. The number of benzene rings is 2. The van der Waals surface area contributed by atoms with Crippen molar-refractivity contribution in [3.8, 4) is 11.8 Å². The van der Waals surface area contributed by atoms with E-state index in [2.05, 4.69) is 6.07 Å². The number of aromatic nitrogens is 1. The number of hydrogen-bond donors (Lipinski definition) is 1. The minimum atomic E-state index is -0.964. The first-order valence-corrected chi connectivity index (χ1v) is 8.69. The molecule has 3 rings (SSSR count). The van der Waals surface area contributed by atoms with E-state index >= 15 is 0 Å². The zero-order valence-electron chi connectivity index (χ0n) is 14.9. The van der Waals surface area contributed by atoms with Crippen molar-refractivity contribution in [3.05, 3.63) is 87.7 Å². The zero-order valence-corrected chi connectivity index (χ0v) is 15.7. The highest BCUT2D eigenvalue weighted by molar-refractivity contribution is 6.30. The van der Waals surface area contributed by atoms with E-state index in [4.69, 9.17) is 11.6 Å².